The normalized spacial score (nSPS) is 11.5. The lowest BCUT2D eigenvalue weighted by molar-refractivity contribution is 0.557. The fourth-order valence-corrected chi connectivity index (χ4v) is 3.36. The van der Waals surface area contributed by atoms with Gasteiger partial charge in [0, 0.05) is 19.8 Å². The molecule has 21 heavy (non-hydrogen) atoms. The SMILES string of the molecule is CP(=O)(NCCc1ccccc1)NCCc1ccccc1. The minimum Gasteiger partial charge on any atom is -0.290 e. The number of hydrogen-bond acceptors (Lipinski definition) is 1. The third-order valence-electron chi connectivity index (χ3n) is 3.34. The first-order chi connectivity index (χ1) is 10.2. The number of rotatable bonds is 8. The largest absolute Gasteiger partial charge is 0.290 e. The Morgan fingerprint density at radius 1 is 0.762 bits per heavy atom. The molecule has 3 nitrogen and oxygen atoms in total. The quantitative estimate of drug-likeness (QED) is 0.734. The Kier molecular flexibility index (Phi) is 6.19. The molecular formula is C17H23N2OP. The zero-order valence-electron chi connectivity index (χ0n) is 12.5. The van der Waals surface area contributed by atoms with Gasteiger partial charge in [0.05, 0.1) is 0 Å². The van der Waals surface area contributed by atoms with Crippen LogP contribution < -0.4 is 10.2 Å². The molecule has 2 N–H and O–H groups in total. The van der Waals surface area contributed by atoms with Gasteiger partial charge in [-0.1, -0.05) is 60.7 Å². The Hall–Kier alpha value is -1.41. The molecule has 0 saturated carbocycles. The van der Waals surface area contributed by atoms with Gasteiger partial charge < -0.3 is 0 Å². The summed E-state index contributed by atoms with van der Waals surface area (Å²) >= 11 is 0. The van der Waals surface area contributed by atoms with Crippen molar-refractivity contribution in [2.45, 2.75) is 12.8 Å². The van der Waals surface area contributed by atoms with Crippen molar-refractivity contribution in [3.63, 3.8) is 0 Å². The van der Waals surface area contributed by atoms with Crippen LogP contribution in [0.15, 0.2) is 60.7 Å². The fraction of sp³-hybridized carbons (Fsp3) is 0.294. The van der Waals surface area contributed by atoms with Gasteiger partial charge in [0.25, 0.3) is 0 Å². The average Bonchev–Trinajstić information content (AvgIpc) is 2.49. The maximum absolute atomic E-state index is 12.4. The first-order valence-electron chi connectivity index (χ1n) is 7.31. The van der Waals surface area contributed by atoms with Gasteiger partial charge in [-0.3, -0.25) is 14.7 Å². The van der Waals surface area contributed by atoms with Crippen molar-refractivity contribution in [2.24, 2.45) is 0 Å². The molecule has 0 fully saturated rings. The summed E-state index contributed by atoms with van der Waals surface area (Å²) in [5.74, 6) is 0. The molecule has 2 aromatic rings. The van der Waals surface area contributed by atoms with Crippen LogP contribution >= 0.6 is 7.44 Å². The van der Waals surface area contributed by atoms with Gasteiger partial charge in [0.2, 0.25) is 7.44 Å². The molecule has 2 aromatic carbocycles. The average molecular weight is 302 g/mol. The van der Waals surface area contributed by atoms with Crippen molar-refractivity contribution in [1.29, 1.82) is 0 Å². The van der Waals surface area contributed by atoms with Crippen LogP contribution in [0.25, 0.3) is 0 Å². The van der Waals surface area contributed by atoms with Crippen LogP contribution in [0.5, 0.6) is 0 Å². The minimum atomic E-state index is -2.47. The molecule has 0 aliphatic rings. The van der Waals surface area contributed by atoms with Crippen molar-refractivity contribution in [2.75, 3.05) is 19.8 Å². The van der Waals surface area contributed by atoms with Crippen molar-refractivity contribution < 1.29 is 4.57 Å². The molecule has 0 radical (unpaired) electrons. The molecule has 0 spiro atoms. The van der Waals surface area contributed by atoms with Gasteiger partial charge in [-0.05, 0) is 24.0 Å². The molecule has 0 atom stereocenters. The lowest BCUT2D eigenvalue weighted by Crippen LogP contribution is -2.25. The molecule has 0 saturated heterocycles. The van der Waals surface area contributed by atoms with Gasteiger partial charge in [-0.15, -0.1) is 0 Å². The van der Waals surface area contributed by atoms with Crippen LogP contribution in [0.1, 0.15) is 11.1 Å². The van der Waals surface area contributed by atoms with E-state index >= 15 is 0 Å². The van der Waals surface area contributed by atoms with Crippen molar-refractivity contribution >= 4 is 7.44 Å². The highest BCUT2D eigenvalue weighted by Crippen LogP contribution is 2.29. The highest BCUT2D eigenvalue weighted by molar-refractivity contribution is 7.59. The van der Waals surface area contributed by atoms with E-state index < -0.39 is 7.44 Å². The van der Waals surface area contributed by atoms with E-state index in [9.17, 15) is 4.57 Å². The molecule has 0 unspecified atom stereocenters. The highest BCUT2D eigenvalue weighted by atomic mass is 31.2. The highest BCUT2D eigenvalue weighted by Gasteiger charge is 2.12. The molecule has 4 heteroatoms. The van der Waals surface area contributed by atoms with E-state index in [0.717, 1.165) is 25.9 Å². The van der Waals surface area contributed by atoms with E-state index in [1.807, 2.05) is 36.4 Å². The molecule has 2 rings (SSSR count). The first kappa shape index (κ1) is 16.0. The lowest BCUT2D eigenvalue weighted by Gasteiger charge is -2.16. The maximum Gasteiger partial charge on any atom is 0.208 e. The molecule has 0 aliphatic heterocycles. The van der Waals surface area contributed by atoms with Gasteiger partial charge in [-0.2, -0.15) is 0 Å². The Morgan fingerprint density at radius 2 is 1.14 bits per heavy atom. The third-order valence-corrected chi connectivity index (χ3v) is 4.99. The summed E-state index contributed by atoms with van der Waals surface area (Å²) in [5.41, 5.74) is 2.52. The van der Waals surface area contributed by atoms with E-state index in [2.05, 4.69) is 34.4 Å². The molecule has 0 heterocycles. The summed E-state index contributed by atoms with van der Waals surface area (Å²) < 4.78 is 12.4. The van der Waals surface area contributed by atoms with Crippen LogP contribution in [-0.2, 0) is 17.4 Å². The molecule has 0 amide bonds. The molecular weight excluding hydrogens is 279 g/mol. The fourth-order valence-electron chi connectivity index (χ4n) is 2.17. The van der Waals surface area contributed by atoms with Crippen molar-refractivity contribution in [1.82, 2.24) is 10.2 Å². The predicted molar refractivity (Wildman–Crippen MR) is 89.8 cm³/mol. The Bertz CT molecular complexity index is 522. The second-order valence-electron chi connectivity index (χ2n) is 5.21. The Labute approximate surface area is 127 Å². The number of nitrogens with one attached hydrogen (secondary N) is 2. The van der Waals surface area contributed by atoms with Crippen molar-refractivity contribution in [3.05, 3.63) is 71.8 Å². The summed E-state index contributed by atoms with van der Waals surface area (Å²) in [6, 6.07) is 20.5. The van der Waals surface area contributed by atoms with E-state index in [0.29, 0.717) is 0 Å². The third kappa shape index (κ3) is 6.26. The number of benzene rings is 2. The zero-order chi connectivity index (χ0) is 15.0. The summed E-state index contributed by atoms with van der Waals surface area (Å²) in [7, 11) is -2.47. The second-order valence-corrected chi connectivity index (χ2v) is 7.69. The van der Waals surface area contributed by atoms with Crippen molar-refractivity contribution in [3.8, 4) is 0 Å². The van der Waals surface area contributed by atoms with E-state index in [1.54, 1.807) is 6.66 Å². The van der Waals surface area contributed by atoms with Gasteiger partial charge >= 0.3 is 0 Å². The molecule has 0 aliphatic carbocycles. The van der Waals surface area contributed by atoms with Gasteiger partial charge in [-0.25, -0.2) is 0 Å². The summed E-state index contributed by atoms with van der Waals surface area (Å²) in [6.07, 6.45) is 1.78. The van der Waals surface area contributed by atoms with Crippen LogP contribution in [-0.4, -0.2) is 19.8 Å². The lowest BCUT2D eigenvalue weighted by atomic mass is 10.2. The first-order valence-corrected chi connectivity index (χ1v) is 9.47. The van der Waals surface area contributed by atoms with Crippen LogP contribution in [0, 0.1) is 0 Å². The predicted octanol–water partition coefficient (Wildman–Crippen LogP) is 3.47. The summed E-state index contributed by atoms with van der Waals surface area (Å²) in [6.45, 7) is 3.19. The summed E-state index contributed by atoms with van der Waals surface area (Å²) in [5, 5.41) is 6.28. The standard InChI is InChI=1S/C17H23N2OP/c1-21(20,18-14-12-16-8-4-2-5-9-16)19-15-13-17-10-6-3-7-11-17/h2-11H,12-15H2,1H3,(H2,18,19,20). The minimum absolute atomic E-state index is 0.718. The molecule has 0 aromatic heterocycles. The van der Waals surface area contributed by atoms with Gasteiger partial charge in [0.1, 0.15) is 0 Å². The molecule has 112 valence electrons. The topological polar surface area (TPSA) is 41.1 Å². The maximum atomic E-state index is 12.4. The monoisotopic (exact) mass is 302 g/mol. The zero-order valence-corrected chi connectivity index (χ0v) is 13.4. The van der Waals surface area contributed by atoms with E-state index in [1.165, 1.54) is 11.1 Å². The van der Waals surface area contributed by atoms with Crippen LogP contribution in [0.3, 0.4) is 0 Å². The molecule has 0 bridgehead atoms. The van der Waals surface area contributed by atoms with Crippen LogP contribution in [0.2, 0.25) is 0 Å². The summed E-state index contributed by atoms with van der Waals surface area (Å²) in [4.78, 5) is 0. The Morgan fingerprint density at radius 3 is 1.52 bits per heavy atom. The second kappa shape index (κ2) is 8.14. The van der Waals surface area contributed by atoms with Gasteiger partial charge in [0.15, 0.2) is 0 Å². The van der Waals surface area contributed by atoms with Crippen LogP contribution in [0.4, 0.5) is 0 Å². The smallest absolute Gasteiger partial charge is 0.208 e. The number of hydrogen-bond donors (Lipinski definition) is 2. The van der Waals surface area contributed by atoms with E-state index in [-0.39, 0.29) is 0 Å². The van der Waals surface area contributed by atoms with E-state index in [4.69, 9.17) is 0 Å². The Balaban J connectivity index is 1.68.